The van der Waals surface area contributed by atoms with Crippen molar-refractivity contribution in [2.75, 3.05) is 12.4 Å². The van der Waals surface area contributed by atoms with Crippen molar-refractivity contribution in [1.29, 1.82) is 0 Å². The third-order valence-electron chi connectivity index (χ3n) is 5.42. The molecule has 4 aromatic rings. The summed E-state index contributed by atoms with van der Waals surface area (Å²) in [6.07, 6.45) is -0.0775. The van der Waals surface area contributed by atoms with Gasteiger partial charge in [0.2, 0.25) is 0 Å². The quantitative estimate of drug-likeness (QED) is 0.397. The Balaban J connectivity index is 1.71. The first kappa shape index (κ1) is 21.2. The summed E-state index contributed by atoms with van der Waals surface area (Å²) in [6.45, 7) is 1.10. The fourth-order valence-electron chi connectivity index (χ4n) is 3.90. The van der Waals surface area contributed by atoms with E-state index in [2.05, 4.69) is 22.0 Å². The molecule has 0 radical (unpaired) electrons. The SMILES string of the molecule is COC(=O)c1ccc(CNc2c(CC(=O)O)c3ccccc3n2Cc2ccccc2)cc1. The van der Waals surface area contributed by atoms with Crippen LogP contribution in [0.25, 0.3) is 10.9 Å². The molecule has 0 amide bonds. The number of para-hydroxylation sites is 1. The number of hydrogen-bond acceptors (Lipinski definition) is 4. The second-order valence-corrected chi connectivity index (χ2v) is 7.53. The zero-order valence-corrected chi connectivity index (χ0v) is 17.7. The number of carboxylic acids is 1. The van der Waals surface area contributed by atoms with E-state index < -0.39 is 5.97 Å². The number of nitrogens with zero attached hydrogens (tertiary/aromatic N) is 1. The first-order valence-electron chi connectivity index (χ1n) is 10.3. The number of aliphatic carboxylic acids is 1. The number of anilines is 1. The minimum atomic E-state index is -0.877. The average Bonchev–Trinajstić information content (AvgIpc) is 3.10. The van der Waals surface area contributed by atoms with Crippen molar-refractivity contribution in [2.45, 2.75) is 19.5 Å². The summed E-state index contributed by atoms with van der Waals surface area (Å²) in [7, 11) is 1.35. The molecule has 0 saturated carbocycles. The van der Waals surface area contributed by atoms with Crippen LogP contribution in [0, 0.1) is 0 Å². The molecule has 0 aliphatic carbocycles. The third-order valence-corrected chi connectivity index (χ3v) is 5.42. The van der Waals surface area contributed by atoms with Crippen molar-refractivity contribution >= 4 is 28.7 Å². The largest absolute Gasteiger partial charge is 0.481 e. The molecule has 1 heterocycles. The Bertz CT molecular complexity index is 1240. The monoisotopic (exact) mass is 428 g/mol. The van der Waals surface area contributed by atoms with Crippen molar-refractivity contribution in [3.8, 4) is 0 Å². The summed E-state index contributed by atoms with van der Waals surface area (Å²) in [6, 6.07) is 25.1. The number of nitrogens with one attached hydrogen (secondary N) is 1. The first-order chi connectivity index (χ1) is 15.6. The molecule has 32 heavy (non-hydrogen) atoms. The molecule has 0 unspecified atom stereocenters. The lowest BCUT2D eigenvalue weighted by Gasteiger charge is -2.15. The standard InChI is InChI=1S/C26H24N2O4/c1-32-26(31)20-13-11-18(12-14-20)16-27-25-22(15-24(29)30)21-9-5-6-10-23(21)28(25)17-19-7-3-2-4-8-19/h2-14,27H,15-17H2,1H3,(H,29,30). The number of ether oxygens (including phenoxy) is 1. The molecular formula is C26H24N2O4. The highest BCUT2D eigenvalue weighted by molar-refractivity contribution is 5.93. The van der Waals surface area contributed by atoms with Gasteiger partial charge in [-0.25, -0.2) is 4.79 Å². The Morgan fingerprint density at radius 2 is 1.59 bits per heavy atom. The van der Waals surface area contributed by atoms with Gasteiger partial charge in [-0.2, -0.15) is 0 Å². The summed E-state index contributed by atoms with van der Waals surface area (Å²) in [5, 5.41) is 13.9. The highest BCUT2D eigenvalue weighted by Gasteiger charge is 2.19. The van der Waals surface area contributed by atoms with Gasteiger partial charge in [0.25, 0.3) is 0 Å². The number of aromatic nitrogens is 1. The van der Waals surface area contributed by atoms with E-state index in [1.165, 1.54) is 7.11 Å². The maximum Gasteiger partial charge on any atom is 0.337 e. The number of carbonyl (C=O) groups is 2. The van der Waals surface area contributed by atoms with Gasteiger partial charge in [-0.15, -0.1) is 0 Å². The predicted octanol–water partition coefficient (Wildman–Crippen LogP) is 4.72. The number of methoxy groups -OCH3 is 1. The Morgan fingerprint density at radius 3 is 2.28 bits per heavy atom. The predicted molar refractivity (Wildman–Crippen MR) is 124 cm³/mol. The molecule has 0 aliphatic rings. The summed E-state index contributed by atoms with van der Waals surface area (Å²) in [5.41, 5.74) is 4.32. The lowest BCUT2D eigenvalue weighted by atomic mass is 10.1. The molecule has 4 rings (SSSR count). The molecular weight excluding hydrogens is 404 g/mol. The molecule has 162 valence electrons. The van der Waals surface area contributed by atoms with Crippen molar-refractivity contribution in [3.05, 3.63) is 101 Å². The van der Waals surface area contributed by atoms with Gasteiger partial charge in [0.15, 0.2) is 0 Å². The fraction of sp³-hybridized carbons (Fsp3) is 0.154. The lowest BCUT2D eigenvalue weighted by molar-refractivity contribution is -0.136. The van der Waals surface area contributed by atoms with Crippen molar-refractivity contribution in [1.82, 2.24) is 4.57 Å². The molecule has 6 heteroatoms. The zero-order chi connectivity index (χ0) is 22.5. The first-order valence-corrected chi connectivity index (χ1v) is 10.3. The van der Waals surface area contributed by atoms with Crippen LogP contribution in [-0.4, -0.2) is 28.7 Å². The van der Waals surface area contributed by atoms with Gasteiger partial charge >= 0.3 is 11.9 Å². The zero-order valence-electron chi connectivity index (χ0n) is 17.7. The molecule has 0 saturated heterocycles. The summed E-state index contributed by atoms with van der Waals surface area (Å²) >= 11 is 0. The van der Waals surface area contributed by atoms with Crippen LogP contribution in [0.3, 0.4) is 0 Å². The molecule has 0 fully saturated rings. The molecule has 3 aromatic carbocycles. The number of fused-ring (bicyclic) bond motifs is 1. The number of hydrogen-bond donors (Lipinski definition) is 2. The molecule has 0 spiro atoms. The van der Waals surface area contributed by atoms with Crippen molar-refractivity contribution in [3.63, 3.8) is 0 Å². The van der Waals surface area contributed by atoms with E-state index in [1.54, 1.807) is 12.1 Å². The Morgan fingerprint density at radius 1 is 0.906 bits per heavy atom. The van der Waals surface area contributed by atoms with Gasteiger partial charge in [0, 0.05) is 24.0 Å². The van der Waals surface area contributed by atoms with Crippen LogP contribution in [0.4, 0.5) is 5.82 Å². The Hall–Kier alpha value is -4.06. The molecule has 2 N–H and O–H groups in total. The van der Waals surface area contributed by atoms with Gasteiger partial charge in [0.1, 0.15) is 5.82 Å². The minimum Gasteiger partial charge on any atom is -0.481 e. The smallest absolute Gasteiger partial charge is 0.337 e. The van der Waals surface area contributed by atoms with Gasteiger partial charge in [0.05, 0.1) is 24.6 Å². The van der Waals surface area contributed by atoms with Crippen molar-refractivity contribution in [2.24, 2.45) is 0 Å². The molecule has 0 aliphatic heterocycles. The normalized spacial score (nSPS) is 10.8. The van der Waals surface area contributed by atoms with Crippen LogP contribution in [-0.2, 0) is 29.0 Å². The summed E-state index contributed by atoms with van der Waals surface area (Å²) in [4.78, 5) is 23.3. The van der Waals surface area contributed by atoms with Crippen LogP contribution < -0.4 is 5.32 Å². The van der Waals surface area contributed by atoms with Gasteiger partial charge in [-0.05, 0) is 29.3 Å². The van der Waals surface area contributed by atoms with Crippen LogP contribution >= 0.6 is 0 Å². The molecule has 0 bridgehead atoms. The van der Waals surface area contributed by atoms with Gasteiger partial charge < -0.3 is 19.7 Å². The molecule has 1 aromatic heterocycles. The molecule has 6 nitrogen and oxygen atoms in total. The van der Waals surface area contributed by atoms with E-state index in [0.29, 0.717) is 18.7 Å². The second-order valence-electron chi connectivity index (χ2n) is 7.53. The minimum absolute atomic E-state index is 0.0775. The van der Waals surface area contributed by atoms with Crippen LogP contribution in [0.5, 0.6) is 0 Å². The van der Waals surface area contributed by atoms with E-state index in [4.69, 9.17) is 4.74 Å². The van der Waals surface area contributed by atoms with E-state index in [1.807, 2.05) is 54.6 Å². The van der Waals surface area contributed by atoms with Crippen LogP contribution in [0.2, 0.25) is 0 Å². The third kappa shape index (κ3) is 4.49. The van der Waals surface area contributed by atoms with Crippen LogP contribution in [0.15, 0.2) is 78.9 Å². The number of carboxylic acid groups (broad SMARTS) is 1. The lowest BCUT2D eigenvalue weighted by Crippen LogP contribution is -2.11. The van der Waals surface area contributed by atoms with Crippen LogP contribution in [0.1, 0.15) is 27.0 Å². The van der Waals surface area contributed by atoms with E-state index in [9.17, 15) is 14.7 Å². The maximum absolute atomic E-state index is 11.7. The van der Waals surface area contributed by atoms with E-state index >= 15 is 0 Å². The topological polar surface area (TPSA) is 80.6 Å². The van der Waals surface area contributed by atoms with Gasteiger partial charge in [-0.3, -0.25) is 4.79 Å². The number of benzene rings is 3. The van der Waals surface area contributed by atoms with Gasteiger partial charge in [-0.1, -0.05) is 60.7 Å². The number of carbonyl (C=O) groups excluding carboxylic acids is 1. The van der Waals surface area contributed by atoms with E-state index in [-0.39, 0.29) is 12.4 Å². The van der Waals surface area contributed by atoms with E-state index in [0.717, 1.165) is 33.4 Å². The van der Waals surface area contributed by atoms with Crippen molar-refractivity contribution < 1.29 is 19.4 Å². The Labute approximate surface area is 186 Å². The average molecular weight is 428 g/mol. The summed E-state index contributed by atoms with van der Waals surface area (Å²) in [5.74, 6) is -0.469. The number of rotatable bonds is 8. The fourth-order valence-corrected chi connectivity index (χ4v) is 3.90. The maximum atomic E-state index is 11.7. The Kier molecular flexibility index (Phi) is 6.22. The highest BCUT2D eigenvalue weighted by Crippen LogP contribution is 2.32. The molecule has 0 atom stereocenters. The summed E-state index contributed by atoms with van der Waals surface area (Å²) < 4.78 is 6.88. The number of esters is 1. The second kappa shape index (κ2) is 9.39. The highest BCUT2D eigenvalue weighted by atomic mass is 16.5.